The normalized spacial score (nSPS) is 9.44. The third kappa shape index (κ3) is 16.7. The molecule has 13 heteroatoms. The van der Waals surface area contributed by atoms with Crippen molar-refractivity contribution < 1.29 is 42.9 Å². The van der Waals surface area contributed by atoms with E-state index < -0.39 is 23.9 Å². The molecule has 0 radical (unpaired) electrons. The minimum Gasteiger partial charge on any atom is -0.500 e. The minimum atomic E-state index is -0.732. The van der Waals surface area contributed by atoms with Crippen LogP contribution in [0.2, 0.25) is 0 Å². The molecule has 11 nitrogen and oxygen atoms in total. The number of nitrogens with two attached hydrogens (primary N) is 1. The largest absolute Gasteiger partial charge is 0.500 e. The molecular formula is C32H42Br2N2O9. The first kappa shape index (κ1) is 41.2. The molecule has 0 spiro atoms. The number of aryl methyl sites for hydroxylation is 2. The van der Waals surface area contributed by atoms with Crippen LogP contribution in [0.3, 0.4) is 0 Å². The second-order valence-electron chi connectivity index (χ2n) is 8.54. The summed E-state index contributed by atoms with van der Waals surface area (Å²) in [5.41, 5.74) is 8.93. The maximum Gasteiger partial charge on any atom is 0.348 e. The third-order valence-corrected chi connectivity index (χ3v) is 6.81. The molecule has 2 aromatic rings. The first-order valence-corrected chi connectivity index (χ1v) is 15.7. The van der Waals surface area contributed by atoms with E-state index in [2.05, 4.69) is 46.7 Å². The summed E-state index contributed by atoms with van der Waals surface area (Å²) in [6.07, 6.45) is 2.36. The van der Waals surface area contributed by atoms with Gasteiger partial charge in [0.1, 0.15) is 6.26 Å². The summed E-state index contributed by atoms with van der Waals surface area (Å²) >= 11 is 6.78. The Hall–Kier alpha value is -3.84. The highest BCUT2D eigenvalue weighted by molar-refractivity contribution is 9.10. The van der Waals surface area contributed by atoms with Crippen LogP contribution in [0, 0.1) is 13.8 Å². The highest BCUT2D eigenvalue weighted by Gasteiger charge is 2.22. The Kier molecular flexibility index (Phi) is 21.5. The third-order valence-electron chi connectivity index (χ3n) is 5.10. The highest BCUT2D eigenvalue weighted by atomic mass is 79.9. The lowest BCUT2D eigenvalue weighted by atomic mass is 10.2. The van der Waals surface area contributed by atoms with Crippen molar-refractivity contribution in [3.05, 3.63) is 80.1 Å². The topological polar surface area (TPSA) is 152 Å². The number of carbonyl (C=O) groups is 4. The van der Waals surface area contributed by atoms with Gasteiger partial charge in [-0.2, -0.15) is 0 Å². The van der Waals surface area contributed by atoms with Gasteiger partial charge in [-0.15, -0.1) is 0 Å². The molecule has 0 aliphatic carbocycles. The van der Waals surface area contributed by atoms with Crippen molar-refractivity contribution in [1.29, 1.82) is 0 Å². The molecule has 2 rings (SSSR count). The lowest BCUT2D eigenvalue weighted by Gasteiger charge is -2.08. The molecule has 45 heavy (non-hydrogen) atoms. The summed E-state index contributed by atoms with van der Waals surface area (Å²) < 4.78 is 25.9. The van der Waals surface area contributed by atoms with E-state index in [9.17, 15) is 19.2 Å². The van der Waals surface area contributed by atoms with E-state index in [1.54, 1.807) is 34.6 Å². The first-order valence-electron chi connectivity index (χ1n) is 14.1. The number of nitrogens with one attached hydrogen (secondary N) is 1. The van der Waals surface area contributed by atoms with Gasteiger partial charge < -0.3 is 34.7 Å². The Bertz CT molecular complexity index is 1290. The standard InChI is InChI=1S/C15H18BrNO4.C10H16O5.C7H8BrN/c1-4-20-14(18)12(15(19)21-5-2)9-17-11-7-6-10(3)13(16)8-11;1-4-13-7-8(9(11)14-5-2)10(12)15-6-3;1-5-2-3-6(9)4-7(5)8/h6-9,17H,4-5H2,1-3H3;7H,4-6H2,1-3H3;2-4H,9H2,1H3. The molecule has 2 aromatic carbocycles. The number of anilines is 2. The second kappa shape index (κ2) is 23.5. The minimum absolute atomic E-state index is 0.171. The number of rotatable bonds is 12. The molecule has 0 aromatic heterocycles. The zero-order valence-corrected chi connectivity index (χ0v) is 29.8. The van der Waals surface area contributed by atoms with Crippen LogP contribution < -0.4 is 11.1 Å². The zero-order valence-electron chi connectivity index (χ0n) is 26.7. The Balaban J connectivity index is 0.000000700. The van der Waals surface area contributed by atoms with E-state index in [-0.39, 0.29) is 37.6 Å². The quantitative estimate of drug-likeness (QED) is 0.0461. The maximum absolute atomic E-state index is 11.8. The number of benzene rings is 2. The van der Waals surface area contributed by atoms with Gasteiger partial charge in [0.05, 0.1) is 33.0 Å². The number of hydrogen-bond acceptors (Lipinski definition) is 11. The van der Waals surface area contributed by atoms with Gasteiger partial charge >= 0.3 is 23.9 Å². The van der Waals surface area contributed by atoms with Gasteiger partial charge in [-0.25, -0.2) is 19.2 Å². The van der Waals surface area contributed by atoms with Crippen molar-refractivity contribution in [2.24, 2.45) is 0 Å². The van der Waals surface area contributed by atoms with Gasteiger partial charge in [-0.3, -0.25) is 0 Å². The van der Waals surface area contributed by atoms with E-state index in [0.717, 1.165) is 32.1 Å². The predicted octanol–water partition coefficient (Wildman–Crippen LogP) is 6.55. The molecule has 0 saturated carbocycles. The van der Waals surface area contributed by atoms with Gasteiger partial charge in [0.25, 0.3) is 0 Å². The van der Waals surface area contributed by atoms with E-state index in [1.807, 2.05) is 50.2 Å². The lowest BCUT2D eigenvalue weighted by molar-refractivity contribution is -0.148. The molecule has 3 N–H and O–H groups in total. The number of nitrogen functional groups attached to an aromatic ring is 1. The van der Waals surface area contributed by atoms with Crippen LogP contribution >= 0.6 is 31.9 Å². The molecule has 0 atom stereocenters. The van der Waals surface area contributed by atoms with Crippen LogP contribution in [0.5, 0.6) is 0 Å². The Morgan fingerprint density at radius 1 is 0.667 bits per heavy atom. The summed E-state index contributed by atoms with van der Waals surface area (Å²) in [7, 11) is 0. The van der Waals surface area contributed by atoms with Crippen LogP contribution in [0.4, 0.5) is 11.4 Å². The number of carbonyl (C=O) groups excluding carboxylic acids is 4. The predicted molar refractivity (Wildman–Crippen MR) is 180 cm³/mol. The Labute approximate surface area is 281 Å². The molecule has 0 amide bonds. The average molecular weight is 759 g/mol. The van der Waals surface area contributed by atoms with Crippen molar-refractivity contribution in [3.8, 4) is 0 Å². The van der Waals surface area contributed by atoms with Gasteiger partial charge in [0, 0.05) is 26.5 Å². The van der Waals surface area contributed by atoms with Crippen molar-refractivity contribution in [2.75, 3.05) is 44.1 Å². The van der Waals surface area contributed by atoms with E-state index in [1.165, 1.54) is 11.8 Å². The van der Waals surface area contributed by atoms with Crippen LogP contribution in [0.15, 0.2) is 69.0 Å². The van der Waals surface area contributed by atoms with Crippen LogP contribution in [0.25, 0.3) is 0 Å². The number of ether oxygens (including phenoxy) is 5. The number of hydrogen-bond donors (Lipinski definition) is 2. The molecule has 0 heterocycles. The number of esters is 4. The summed E-state index contributed by atoms with van der Waals surface area (Å²) in [5.74, 6) is -2.89. The van der Waals surface area contributed by atoms with E-state index in [4.69, 9.17) is 19.9 Å². The van der Waals surface area contributed by atoms with Crippen molar-refractivity contribution in [2.45, 2.75) is 48.5 Å². The summed E-state index contributed by atoms with van der Waals surface area (Å²) in [5, 5.41) is 2.90. The first-order chi connectivity index (χ1) is 21.4. The number of halogens is 2. The lowest BCUT2D eigenvalue weighted by Crippen LogP contribution is -2.19. The van der Waals surface area contributed by atoms with Crippen molar-refractivity contribution in [3.63, 3.8) is 0 Å². The molecule has 0 aliphatic heterocycles. The summed E-state index contributed by atoms with van der Waals surface area (Å²) in [4.78, 5) is 46.1. The van der Waals surface area contributed by atoms with Crippen LogP contribution in [0.1, 0.15) is 45.7 Å². The van der Waals surface area contributed by atoms with Crippen LogP contribution in [-0.2, 0) is 42.9 Å². The molecule has 0 aliphatic rings. The SMILES string of the molecule is CCOC(=O)C(=CNc1ccc(C)c(Br)c1)C(=O)OCC.CCOC=C(C(=O)OCC)C(=O)OCC.Cc1ccc(N)cc1Br. The van der Waals surface area contributed by atoms with Crippen molar-refractivity contribution >= 4 is 67.1 Å². The Morgan fingerprint density at radius 2 is 1.09 bits per heavy atom. The zero-order chi connectivity index (χ0) is 34.4. The van der Waals surface area contributed by atoms with Crippen molar-refractivity contribution in [1.82, 2.24) is 0 Å². The summed E-state index contributed by atoms with van der Waals surface area (Å²) in [6.45, 7) is 13.5. The fraction of sp³-hybridized carbons (Fsp3) is 0.375. The fourth-order valence-electron chi connectivity index (χ4n) is 2.83. The van der Waals surface area contributed by atoms with Crippen LogP contribution in [-0.4, -0.2) is 56.9 Å². The monoisotopic (exact) mass is 756 g/mol. The highest BCUT2D eigenvalue weighted by Crippen LogP contribution is 2.21. The van der Waals surface area contributed by atoms with Gasteiger partial charge in [0.2, 0.25) is 0 Å². The molecular weight excluding hydrogens is 716 g/mol. The molecule has 0 saturated heterocycles. The summed E-state index contributed by atoms with van der Waals surface area (Å²) in [6, 6.07) is 11.4. The molecule has 248 valence electrons. The fourth-order valence-corrected chi connectivity index (χ4v) is 3.61. The smallest absolute Gasteiger partial charge is 0.348 e. The average Bonchev–Trinajstić information content (AvgIpc) is 2.98. The molecule has 0 bridgehead atoms. The van der Waals surface area contributed by atoms with Gasteiger partial charge in [0.15, 0.2) is 11.1 Å². The molecule has 0 fully saturated rings. The van der Waals surface area contributed by atoms with E-state index >= 15 is 0 Å². The van der Waals surface area contributed by atoms with Gasteiger partial charge in [-0.1, -0.05) is 44.0 Å². The molecule has 0 unspecified atom stereocenters. The van der Waals surface area contributed by atoms with E-state index in [0.29, 0.717) is 6.61 Å². The van der Waals surface area contributed by atoms with Gasteiger partial charge in [-0.05, 0) is 83.9 Å². The second-order valence-corrected chi connectivity index (χ2v) is 10.3. The maximum atomic E-state index is 11.8. The Morgan fingerprint density at radius 3 is 1.47 bits per heavy atom.